The van der Waals surface area contributed by atoms with Crippen LogP contribution < -0.4 is 5.73 Å². The molecule has 84 valence electrons. The van der Waals surface area contributed by atoms with Crippen molar-refractivity contribution in [2.75, 3.05) is 0 Å². The number of aromatic nitrogens is 4. The number of nitrogens with two attached hydrogens (primary N) is 1. The fourth-order valence-corrected chi connectivity index (χ4v) is 2.32. The van der Waals surface area contributed by atoms with Gasteiger partial charge in [0.15, 0.2) is 5.82 Å². The highest BCUT2D eigenvalue weighted by Gasteiger charge is 2.28. The first kappa shape index (κ1) is 10.5. The Labute approximate surface area is 90.0 Å². The van der Waals surface area contributed by atoms with E-state index in [0.29, 0.717) is 0 Å². The predicted molar refractivity (Wildman–Crippen MR) is 57.1 cm³/mol. The zero-order valence-electron chi connectivity index (χ0n) is 9.32. The Morgan fingerprint density at radius 3 is 2.47 bits per heavy atom. The molecule has 0 radical (unpaired) electrons. The van der Waals surface area contributed by atoms with Crippen LogP contribution in [0.3, 0.4) is 0 Å². The molecule has 5 nitrogen and oxygen atoms in total. The van der Waals surface area contributed by atoms with E-state index in [9.17, 15) is 0 Å². The van der Waals surface area contributed by atoms with Crippen LogP contribution in [0.2, 0.25) is 0 Å². The monoisotopic (exact) mass is 209 g/mol. The van der Waals surface area contributed by atoms with Crippen LogP contribution in [0.25, 0.3) is 0 Å². The Morgan fingerprint density at radius 2 is 1.93 bits per heavy atom. The van der Waals surface area contributed by atoms with Crippen LogP contribution >= 0.6 is 0 Å². The van der Waals surface area contributed by atoms with E-state index in [1.807, 2.05) is 0 Å². The van der Waals surface area contributed by atoms with Crippen LogP contribution in [0.15, 0.2) is 0 Å². The zero-order chi connectivity index (χ0) is 10.7. The molecule has 0 unspecified atom stereocenters. The Kier molecular flexibility index (Phi) is 3.00. The van der Waals surface area contributed by atoms with Crippen molar-refractivity contribution in [1.82, 2.24) is 20.2 Å². The summed E-state index contributed by atoms with van der Waals surface area (Å²) in [5, 5.41) is 12.0. The number of tetrazole rings is 1. The number of rotatable bonds is 2. The lowest BCUT2D eigenvalue weighted by Crippen LogP contribution is -2.41. The largest absolute Gasteiger partial charge is 0.325 e. The van der Waals surface area contributed by atoms with Gasteiger partial charge in [-0.25, -0.2) is 0 Å². The molecule has 0 saturated heterocycles. The third-order valence-electron chi connectivity index (χ3n) is 3.16. The summed E-state index contributed by atoms with van der Waals surface area (Å²) in [4.78, 5) is 1.50. The van der Waals surface area contributed by atoms with E-state index in [1.54, 1.807) is 7.05 Å². The predicted octanol–water partition coefficient (Wildman–Crippen LogP) is 0.804. The summed E-state index contributed by atoms with van der Waals surface area (Å²) in [5.41, 5.74) is 6.29. The van der Waals surface area contributed by atoms with Crippen molar-refractivity contribution in [3.05, 3.63) is 5.82 Å². The first-order chi connectivity index (χ1) is 7.18. The topological polar surface area (TPSA) is 69.6 Å². The van der Waals surface area contributed by atoms with Crippen molar-refractivity contribution in [2.24, 2.45) is 12.8 Å². The molecule has 2 N–H and O–H groups in total. The van der Waals surface area contributed by atoms with Crippen LogP contribution in [0, 0.1) is 0 Å². The van der Waals surface area contributed by atoms with Gasteiger partial charge < -0.3 is 5.73 Å². The Morgan fingerprint density at radius 1 is 1.27 bits per heavy atom. The highest BCUT2D eigenvalue weighted by atomic mass is 15.6. The first-order valence-corrected chi connectivity index (χ1v) is 5.70. The summed E-state index contributed by atoms with van der Waals surface area (Å²) >= 11 is 0. The summed E-state index contributed by atoms with van der Waals surface area (Å²) in [7, 11) is 1.78. The van der Waals surface area contributed by atoms with Crippen LogP contribution in [-0.4, -0.2) is 25.7 Å². The molecule has 1 aliphatic carbocycles. The normalized spacial score (nSPS) is 21.2. The minimum absolute atomic E-state index is 0.0977. The van der Waals surface area contributed by atoms with Crippen molar-refractivity contribution in [1.29, 1.82) is 0 Å². The summed E-state index contributed by atoms with van der Waals surface area (Å²) in [6, 6.07) is 0. The lowest BCUT2D eigenvalue weighted by molar-refractivity contribution is 0.361. The van der Waals surface area contributed by atoms with E-state index < -0.39 is 0 Å². The summed E-state index contributed by atoms with van der Waals surface area (Å²) in [6.45, 7) is 0. The molecule has 0 aliphatic heterocycles. The molecule has 0 spiro atoms. The van der Waals surface area contributed by atoms with Crippen molar-refractivity contribution < 1.29 is 0 Å². The molecule has 15 heavy (non-hydrogen) atoms. The molecule has 1 aromatic rings. The Balaban J connectivity index is 2.02. The van der Waals surface area contributed by atoms with E-state index in [1.165, 1.54) is 30.5 Å². The standard InChI is InChI=1S/C10H19N5/c1-15-13-9(12-14-15)8-10(11)6-4-2-3-5-7-10/h2-8,11H2,1H3. The second kappa shape index (κ2) is 4.26. The van der Waals surface area contributed by atoms with Crippen LogP contribution in [0.5, 0.6) is 0 Å². The van der Waals surface area contributed by atoms with Gasteiger partial charge in [-0.1, -0.05) is 25.7 Å². The van der Waals surface area contributed by atoms with E-state index >= 15 is 0 Å². The molecule has 0 aromatic carbocycles. The van der Waals surface area contributed by atoms with Crippen LogP contribution in [-0.2, 0) is 13.5 Å². The molecule has 0 bridgehead atoms. The molecule has 1 heterocycles. The smallest absolute Gasteiger partial charge is 0.176 e. The first-order valence-electron chi connectivity index (χ1n) is 5.70. The lowest BCUT2D eigenvalue weighted by Gasteiger charge is -2.26. The van der Waals surface area contributed by atoms with Gasteiger partial charge in [-0.3, -0.25) is 0 Å². The summed E-state index contributed by atoms with van der Waals surface area (Å²) in [5.74, 6) is 0.780. The Hall–Kier alpha value is -0.970. The third kappa shape index (κ3) is 2.75. The highest BCUT2D eigenvalue weighted by Crippen LogP contribution is 2.27. The van der Waals surface area contributed by atoms with Gasteiger partial charge in [0.2, 0.25) is 0 Å². The van der Waals surface area contributed by atoms with Gasteiger partial charge in [-0.15, -0.1) is 10.2 Å². The molecular weight excluding hydrogens is 190 g/mol. The van der Waals surface area contributed by atoms with Gasteiger partial charge in [0.25, 0.3) is 0 Å². The van der Waals surface area contributed by atoms with Crippen LogP contribution in [0.4, 0.5) is 0 Å². The number of hydrogen-bond acceptors (Lipinski definition) is 4. The number of hydrogen-bond donors (Lipinski definition) is 1. The van der Waals surface area contributed by atoms with Gasteiger partial charge in [0.1, 0.15) is 0 Å². The second-order valence-corrected chi connectivity index (χ2v) is 4.65. The Bertz CT molecular complexity index is 311. The molecule has 1 aliphatic rings. The molecular formula is C10H19N5. The fourth-order valence-electron chi connectivity index (χ4n) is 2.32. The fraction of sp³-hybridized carbons (Fsp3) is 0.900. The van der Waals surface area contributed by atoms with Crippen molar-refractivity contribution in [3.63, 3.8) is 0 Å². The number of nitrogens with zero attached hydrogens (tertiary/aromatic N) is 4. The third-order valence-corrected chi connectivity index (χ3v) is 3.16. The van der Waals surface area contributed by atoms with E-state index in [-0.39, 0.29) is 5.54 Å². The van der Waals surface area contributed by atoms with E-state index in [4.69, 9.17) is 5.73 Å². The van der Waals surface area contributed by atoms with Gasteiger partial charge in [0.05, 0.1) is 7.05 Å². The van der Waals surface area contributed by atoms with Gasteiger partial charge in [-0.05, 0) is 18.1 Å². The maximum atomic E-state index is 6.38. The lowest BCUT2D eigenvalue weighted by atomic mass is 9.88. The minimum Gasteiger partial charge on any atom is -0.325 e. The second-order valence-electron chi connectivity index (χ2n) is 4.65. The minimum atomic E-state index is -0.0977. The van der Waals surface area contributed by atoms with Gasteiger partial charge >= 0.3 is 0 Å². The van der Waals surface area contributed by atoms with E-state index in [2.05, 4.69) is 15.4 Å². The van der Waals surface area contributed by atoms with Crippen molar-refractivity contribution in [3.8, 4) is 0 Å². The quantitative estimate of drug-likeness (QED) is 0.732. The summed E-state index contributed by atoms with van der Waals surface area (Å²) < 4.78 is 0. The molecule has 0 amide bonds. The molecule has 0 atom stereocenters. The average molecular weight is 209 g/mol. The molecule has 1 saturated carbocycles. The maximum absolute atomic E-state index is 6.38. The van der Waals surface area contributed by atoms with Gasteiger partial charge in [0, 0.05) is 12.0 Å². The average Bonchev–Trinajstić information content (AvgIpc) is 2.46. The molecule has 5 heteroatoms. The van der Waals surface area contributed by atoms with Crippen LogP contribution in [0.1, 0.15) is 44.3 Å². The maximum Gasteiger partial charge on any atom is 0.176 e. The molecule has 2 rings (SSSR count). The zero-order valence-corrected chi connectivity index (χ0v) is 9.32. The van der Waals surface area contributed by atoms with Gasteiger partial charge in [-0.2, -0.15) is 4.80 Å². The molecule has 1 aromatic heterocycles. The van der Waals surface area contributed by atoms with Crippen molar-refractivity contribution in [2.45, 2.75) is 50.5 Å². The summed E-state index contributed by atoms with van der Waals surface area (Å²) in [6.07, 6.45) is 8.03. The SMILES string of the molecule is Cn1nnc(CC2(N)CCCCCC2)n1. The number of aryl methyl sites for hydroxylation is 1. The highest BCUT2D eigenvalue weighted by molar-refractivity contribution is 4.95. The van der Waals surface area contributed by atoms with E-state index in [0.717, 1.165) is 25.1 Å². The molecule has 1 fully saturated rings. The van der Waals surface area contributed by atoms with Crippen molar-refractivity contribution >= 4 is 0 Å².